The number of likely N-dealkylation sites (tertiary alicyclic amines) is 1. The van der Waals surface area contributed by atoms with Crippen LogP contribution in [0.5, 0.6) is 5.75 Å². The van der Waals surface area contributed by atoms with Crippen LogP contribution in [0.15, 0.2) is 36.7 Å². The van der Waals surface area contributed by atoms with E-state index in [0.717, 1.165) is 29.5 Å². The molecule has 1 aromatic carbocycles. The number of para-hydroxylation sites is 1. The maximum Gasteiger partial charge on any atom is 0.162 e. The molecule has 2 aliphatic rings. The van der Waals surface area contributed by atoms with Crippen LogP contribution in [0.4, 0.5) is 0 Å². The highest BCUT2D eigenvalue weighted by atomic mass is 16.5. The zero-order valence-corrected chi connectivity index (χ0v) is 14.8. The maximum absolute atomic E-state index is 5.39. The highest BCUT2D eigenvalue weighted by Crippen LogP contribution is 2.29. The van der Waals surface area contributed by atoms with Gasteiger partial charge in [-0.1, -0.05) is 12.1 Å². The summed E-state index contributed by atoms with van der Waals surface area (Å²) in [6.07, 6.45) is 9.15. The largest absolute Gasteiger partial charge is 0.496 e. The fourth-order valence-corrected chi connectivity index (χ4v) is 3.59. The SMILES string of the molecule is COc1ccccc1-c1ncc(CNC2CCN(C3CC3)CC2)cn1. The summed E-state index contributed by atoms with van der Waals surface area (Å²) in [6.45, 7) is 3.32. The van der Waals surface area contributed by atoms with Crippen molar-refractivity contribution < 1.29 is 4.74 Å². The number of aromatic nitrogens is 2. The molecule has 5 heteroatoms. The summed E-state index contributed by atoms with van der Waals surface area (Å²) in [5.74, 6) is 1.51. The van der Waals surface area contributed by atoms with Crippen molar-refractivity contribution in [2.24, 2.45) is 0 Å². The molecule has 1 aromatic heterocycles. The lowest BCUT2D eigenvalue weighted by Crippen LogP contribution is -2.43. The van der Waals surface area contributed by atoms with Gasteiger partial charge in [0.1, 0.15) is 5.75 Å². The molecule has 0 radical (unpaired) electrons. The summed E-state index contributed by atoms with van der Waals surface area (Å²) in [7, 11) is 1.67. The monoisotopic (exact) mass is 338 g/mol. The fraction of sp³-hybridized carbons (Fsp3) is 0.500. The number of ether oxygens (including phenoxy) is 1. The summed E-state index contributed by atoms with van der Waals surface area (Å²) >= 11 is 0. The summed E-state index contributed by atoms with van der Waals surface area (Å²) in [6, 6.07) is 9.36. The van der Waals surface area contributed by atoms with E-state index in [1.54, 1.807) is 7.11 Å². The van der Waals surface area contributed by atoms with E-state index in [1.165, 1.54) is 38.8 Å². The van der Waals surface area contributed by atoms with Crippen LogP contribution in [-0.2, 0) is 6.54 Å². The smallest absolute Gasteiger partial charge is 0.162 e. The van der Waals surface area contributed by atoms with Crippen LogP contribution >= 0.6 is 0 Å². The van der Waals surface area contributed by atoms with Gasteiger partial charge in [0.25, 0.3) is 0 Å². The molecular weight excluding hydrogens is 312 g/mol. The van der Waals surface area contributed by atoms with Crippen LogP contribution in [-0.4, -0.2) is 47.2 Å². The van der Waals surface area contributed by atoms with Gasteiger partial charge in [0.15, 0.2) is 5.82 Å². The molecule has 25 heavy (non-hydrogen) atoms. The average Bonchev–Trinajstić information content (AvgIpc) is 3.52. The molecule has 0 bridgehead atoms. The summed E-state index contributed by atoms with van der Waals surface area (Å²) < 4.78 is 5.39. The Balaban J connectivity index is 1.32. The van der Waals surface area contributed by atoms with E-state index in [1.807, 2.05) is 36.7 Å². The van der Waals surface area contributed by atoms with E-state index in [4.69, 9.17) is 4.74 Å². The molecule has 5 nitrogen and oxygen atoms in total. The molecule has 2 fully saturated rings. The van der Waals surface area contributed by atoms with Gasteiger partial charge in [0, 0.05) is 36.6 Å². The number of piperidine rings is 1. The second-order valence-corrected chi connectivity index (χ2v) is 7.04. The number of methoxy groups -OCH3 is 1. The van der Waals surface area contributed by atoms with E-state index in [9.17, 15) is 0 Å². The van der Waals surface area contributed by atoms with Gasteiger partial charge in [-0.3, -0.25) is 0 Å². The first kappa shape index (κ1) is 16.5. The van der Waals surface area contributed by atoms with Crippen molar-refractivity contribution >= 4 is 0 Å². The van der Waals surface area contributed by atoms with Gasteiger partial charge in [-0.05, 0) is 50.9 Å². The third-order valence-electron chi connectivity index (χ3n) is 5.24. The van der Waals surface area contributed by atoms with Gasteiger partial charge < -0.3 is 15.0 Å². The molecule has 0 amide bonds. The van der Waals surface area contributed by atoms with E-state index in [2.05, 4.69) is 20.2 Å². The molecule has 1 N–H and O–H groups in total. The first-order valence-electron chi connectivity index (χ1n) is 9.25. The van der Waals surface area contributed by atoms with E-state index >= 15 is 0 Å². The molecule has 2 heterocycles. The second-order valence-electron chi connectivity index (χ2n) is 7.04. The van der Waals surface area contributed by atoms with Crippen molar-refractivity contribution in [3.05, 3.63) is 42.2 Å². The Bertz CT molecular complexity index is 691. The van der Waals surface area contributed by atoms with E-state index in [-0.39, 0.29) is 0 Å². The Morgan fingerprint density at radius 1 is 1.08 bits per heavy atom. The Labute approximate surface area is 149 Å². The Morgan fingerprint density at radius 2 is 1.80 bits per heavy atom. The standard InChI is InChI=1S/C20H26N4O/c1-25-19-5-3-2-4-18(19)20-22-13-15(14-23-20)12-21-16-8-10-24(11-9-16)17-6-7-17/h2-5,13-14,16-17,21H,6-12H2,1H3. The number of nitrogens with zero attached hydrogens (tertiary/aromatic N) is 3. The van der Waals surface area contributed by atoms with Gasteiger partial charge in [-0.15, -0.1) is 0 Å². The number of hydrogen-bond acceptors (Lipinski definition) is 5. The zero-order chi connectivity index (χ0) is 17.1. The lowest BCUT2D eigenvalue weighted by molar-refractivity contribution is 0.189. The van der Waals surface area contributed by atoms with Crippen molar-refractivity contribution in [1.29, 1.82) is 0 Å². The summed E-state index contributed by atoms with van der Waals surface area (Å²) in [4.78, 5) is 11.7. The van der Waals surface area contributed by atoms with Crippen molar-refractivity contribution in [2.45, 2.75) is 44.3 Å². The van der Waals surface area contributed by atoms with Crippen molar-refractivity contribution in [1.82, 2.24) is 20.2 Å². The van der Waals surface area contributed by atoms with Gasteiger partial charge >= 0.3 is 0 Å². The molecule has 0 spiro atoms. The van der Waals surface area contributed by atoms with Gasteiger partial charge in [-0.25, -0.2) is 9.97 Å². The topological polar surface area (TPSA) is 50.3 Å². The lowest BCUT2D eigenvalue weighted by Gasteiger charge is -2.32. The Kier molecular flexibility index (Phi) is 4.95. The predicted molar refractivity (Wildman–Crippen MR) is 98.5 cm³/mol. The van der Waals surface area contributed by atoms with Crippen LogP contribution < -0.4 is 10.1 Å². The Morgan fingerprint density at radius 3 is 2.48 bits per heavy atom. The van der Waals surface area contributed by atoms with Gasteiger partial charge in [-0.2, -0.15) is 0 Å². The molecule has 0 unspecified atom stereocenters. The number of hydrogen-bond donors (Lipinski definition) is 1. The Hall–Kier alpha value is -1.98. The highest BCUT2D eigenvalue weighted by Gasteiger charge is 2.31. The van der Waals surface area contributed by atoms with E-state index < -0.39 is 0 Å². The molecule has 1 saturated heterocycles. The average molecular weight is 338 g/mol. The first-order valence-corrected chi connectivity index (χ1v) is 9.25. The molecule has 1 saturated carbocycles. The summed E-state index contributed by atoms with van der Waals surface area (Å²) in [5, 5.41) is 3.67. The number of rotatable bonds is 6. The molecular formula is C20H26N4O. The van der Waals surface area contributed by atoms with E-state index in [0.29, 0.717) is 11.9 Å². The molecule has 1 aliphatic carbocycles. The zero-order valence-electron chi connectivity index (χ0n) is 14.8. The van der Waals surface area contributed by atoms with Crippen LogP contribution in [0.25, 0.3) is 11.4 Å². The predicted octanol–water partition coefficient (Wildman–Crippen LogP) is 2.87. The third kappa shape index (κ3) is 3.99. The molecule has 132 valence electrons. The first-order chi connectivity index (χ1) is 12.3. The van der Waals surface area contributed by atoms with Crippen LogP contribution in [0.3, 0.4) is 0 Å². The third-order valence-corrected chi connectivity index (χ3v) is 5.24. The number of benzene rings is 1. The lowest BCUT2D eigenvalue weighted by atomic mass is 10.0. The van der Waals surface area contributed by atoms with Crippen molar-refractivity contribution in [3.8, 4) is 17.1 Å². The van der Waals surface area contributed by atoms with Crippen molar-refractivity contribution in [3.63, 3.8) is 0 Å². The van der Waals surface area contributed by atoms with Crippen LogP contribution in [0, 0.1) is 0 Å². The fourth-order valence-electron chi connectivity index (χ4n) is 3.59. The molecule has 1 aliphatic heterocycles. The molecule has 2 aromatic rings. The number of nitrogens with one attached hydrogen (secondary N) is 1. The molecule has 4 rings (SSSR count). The quantitative estimate of drug-likeness (QED) is 0.878. The minimum absolute atomic E-state index is 0.615. The second kappa shape index (κ2) is 7.50. The summed E-state index contributed by atoms with van der Waals surface area (Å²) in [5.41, 5.74) is 2.06. The minimum atomic E-state index is 0.615. The minimum Gasteiger partial charge on any atom is -0.496 e. The van der Waals surface area contributed by atoms with Crippen LogP contribution in [0.1, 0.15) is 31.2 Å². The highest BCUT2D eigenvalue weighted by molar-refractivity contribution is 5.63. The van der Waals surface area contributed by atoms with Crippen LogP contribution in [0.2, 0.25) is 0 Å². The van der Waals surface area contributed by atoms with Crippen molar-refractivity contribution in [2.75, 3.05) is 20.2 Å². The maximum atomic E-state index is 5.39. The molecule has 0 atom stereocenters. The van der Waals surface area contributed by atoms with Gasteiger partial charge in [0.2, 0.25) is 0 Å². The normalized spacial score (nSPS) is 19.1. The van der Waals surface area contributed by atoms with Gasteiger partial charge in [0.05, 0.1) is 12.7 Å².